The van der Waals surface area contributed by atoms with Gasteiger partial charge >= 0.3 is 12.1 Å². The molecule has 9 nitrogen and oxygen atoms in total. The number of nitrogens with zero attached hydrogens (tertiary/aromatic N) is 1. The number of nitrogens with one attached hydrogen (secondary N) is 1. The molecule has 1 amide bonds. The quantitative estimate of drug-likeness (QED) is 0.298. The van der Waals surface area contributed by atoms with Crippen LogP contribution < -0.4 is 11.1 Å². The lowest BCUT2D eigenvalue weighted by molar-refractivity contribution is -0.562. The summed E-state index contributed by atoms with van der Waals surface area (Å²) in [4.78, 5) is 33.0. The van der Waals surface area contributed by atoms with Crippen molar-refractivity contribution in [1.82, 2.24) is 5.32 Å². The minimum Gasteiger partial charge on any atom is -0.481 e. The lowest BCUT2D eigenvalue weighted by atomic mass is 9.88. The molecule has 2 atom stereocenters. The van der Waals surface area contributed by atoms with Crippen LogP contribution in [0.25, 0.3) is 0 Å². The summed E-state index contributed by atoms with van der Waals surface area (Å²) in [5.74, 6) is -1.88. The molecule has 0 radical (unpaired) electrons. The fourth-order valence-corrected chi connectivity index (χ4v) is 2.60. The minimum atomic E-state index is -1.29. The average molecular weight is 440 g/mol. The van der Waals surface area contributed by atoms with Crippen LogP contribution in [0.5, 0.6) is 0 Å². The van der Waals surface area contributed by atoms with Crippen LogP contribution in [0.3, 0.4) is 0 Å². The van der Waals surface area contributed by atoms with Crippen LogP contribution in [-0.4, -0.2) is 39.8 Å². The molecular formula is C22H37N3O6. The number of alkyl carbamates (subject to hydrolysis) is 1. The summed E-state index contributed by atoms with van der Waals surface area (Å²) in [5.41, 5.74) is 4.92. The molecule has 0 aliphatic carbocycles. The molecule has 4 N–H and O–H groups in total. The first kappa shape index (κ1) is 28.3. The van der Waals surface area contributed by atoms with Crippen molar-refractivity contribution in [3.63, 3.8) is 0 Å². The van der Waals surface area contributed by atoms with Gasteiger partial charge in [-0.25, -0.2) is 4.79 Å². The molecule has 176 valence electrons. The number of carboxylic acids is 1. The van der Waals surface area contributed by atoms with Gasteiger partial charge in [-0.3, -0.25) is 14.9 Å². The highest BCUT2D eigenvalue weighted by Crippen LogP contribution is 2.23. The van der Waals surface area contributed by atoms with Gasteiger partial charge in [0.05, 0.1) is 5.92 Å². The van der Waals surface area contributed by atoms with E-state index in [0.29, 0.717) is 6.42 Å². The molecule has 0 spiro atoms. The van der Waals surface area contributed by atoms with Gasteiger partial charge in [-0.05, 0) is 46.1 Å². The van der Waals surface area contributed by atoms with Crippen molar-refractivity contribution < 1.29 is 24.4 Å². The number of carboxylic acid groups (broad SMARTS) is 1. The van der Waals surface area contributed by atoms with Gasteiger partial charge in [0.1, 0.15) is 5.60 Å². The van der Waals surface area contributed by atoms with E-state index in [0.717, 1.165) is 0 Å². The van der Waals surface area contributed by atoms with Crippen LogP contribution in [0.1, 0.15) is 72.4 Å². The molecule has 0 heterocycles. The maximum absolute atomic E-state index is 11.4. The lowest BCUT2D eigenvalue weighted by Gasteiger charge is -2.21. The van der Waals surface area contributed by atoms with Gasteiger partial charge in [0.25, 0.3) is 0 Å². The monoisotopic (exact) mass is 439 g/mol. The van der Waals surface area contributed by atoms with E-state index in [-0.39, 0.29) is 25.4 Å². The number of hydrogen-bond donors (Lipinski definition) is 3. The number of nitro groups is 1. The Labute approximate surface area is 184 Å². The van der Waals surface area contributed by atoms with Crippen LogP contribution in [0, 0.1) is 16.0 Å². The number of carbonyl (C=O) groups excluding carboxylic acids is 1. The normalized spacial score (nSPS) is 13.3. The molecule has 1 unspecified atom stereocenters. The number of aliphatic carboxylic acids is 1. The fraction of sp³-hybridized carbons (Fsp3) is 0.636. The summed E-state index contributed by atoms with van der Waals surface area (Å²) < 4.78 is 5.05. The SMILES string of the molecule is CC(C)(C)OC(=O)NCCCC(CC(C)(C)[N+](=O)[O-])C(=O)O.C[C@@H](N)c1ccccc1. The highest BCUT2D eigenvalue weighted by Gasteiger charge is 2.36. The molecule has 9 heteroatoms. The molecular weight excluding hydrogens is 402 g/mol. The number of benzene rings is 1. The molecule has 0 bridgehead atoms. The number of hydrogen-bond acceptors (Lipinski definition) is 6. The molecule has 0 saturated heterocycles. The van der Waals surface area contributed by atoms with Crippen LogP contribution in [0.4, 0.5) is 4.79 Å². The van der Waals surface area contributed by atoms with Gasteiger partial charge in [0.2, 0.25) is 5.54 Å². The molecule has 0 fully saturated rings. The molecule has 31 heavy (non-hydrogen) atoms. The highest BCUT2D eigenvalue weighted by atomic mass is 16.6. The first-order valence-electron chi connectivity index (χ1n) is 10.3. The second-order valence-corrected chi connectivity index (χ2v) is 9.08. The third kappa shape index (κ3) is 13.3. The average Bonchev–Trinajstić information content (AvgIpc) is 2.63. The summed E-state index contributed by atoms with van der Waals surface area (Å²) in [5, 5.41) is 22.5. The van der Waals surface area contributed by atoms with Gasteiger partial charge in [-0.1, -0.05) is 30.3 Å². The van der Waals surface area contributed by atoms with Crippen molar-refractivity contribution in [1.29, 1.82) is 0 Å². The molecule has 1 aromatic carbocycles. The zero-order valence-electron chi connectivity index (χ0n) is 19.4. The Morgan fingerprint density at radius 3 is 2.13 bits per heavy atom. The summed E-state index contributed by atoms with van der Waals surface area (Å²) in [6, 6.07) is 10.2. The van der Waals surface area contributed by atoms with Crippen molar-refractivity contribution >= 4 is 12.1 Å². The predicted octanol–water partition coefficient (Wildman–Crippen LogP) is 4.14. The van der Waals surface area contributed by atoms with Crippen molar-refractivity contribution in [3.05, 3.63) is 46.0 Å². The Hall–Kier alpha value is -2.68. The van der Waals surface area contributed by atoms with Crippen LogP contribution in [-0.2, 0) is 9.53 Å². The Morgan fingerprint density at radius 2 is 1.74 bits per heavy atom. The molecule has 0 aliphatic rings. The Balaban J connectivity index is 0.000000823. The Bertz CT molecular complexity index is 699. The number of ether oxygens (including phenoxy) is 1. The maximum Gasteiger partial charge on any atom is 0.407 e. The third-order valence-corrected chi connectivity index (χ3v) is 4.31. The van der Waals surface area contributed by atoms with Crippen LogP contribution >= 0.6 is 0 Å². The zero-order chi connectivity index (χ0) is 24.2. The Kier molecular flexibility index (Phi) is 11.8. The van der Waals surface area contributed by atoms with E-state index in [1.165, 1.54) is 19.4 Å². The lowest BCUT2D eigenvalue weighted by Crippen LogP contribution is -2.36. The second-order valence-electron chi connectivity index (χ2n) is 9.08. The van der Waals surface area contributed by atoms with E-state index in [4.69, 9.17) is 15.6 Å². The number of carbonyl (C=O) groups is 2. The van der Waals surface area contributed by atoms with Gasteiger partial charge in [0.15, 0.2) is 0 Å². The largest absolute Gasteiger partial charge is 0.481 e. The molecule has 1 aromatic rings. The third-order valence-electron chi connectivity index (χ3n) is 4.31. The summed E-state index contributed by atoms with van der Waals surface area (Å²) >= 11 is 0. The standard InChI is InChI=1S/C14H26N2O6.C8H11N/c1-13(2,3)22-12(19)15-8-6-7-10(11(17)18)9-14(4,5)16(20)21;1-7(9)8-5-3-2-4-6-8/h10H,6-9H2,1-5H3,(H,15,19)(H,17,18);2-7H,9H2,1H3/t;7-/m.1/s1. The first-order chi connectivity index (χ1) is 14.2. The van der Waals surface area contributed by atoms with E-state index in [2.05, 4.69) is 5.32 Å². The summed E-state index contributed by atoms with van der Waals surface area (Å²) in [6.45, 7) is 10.3. The second kappa shape index (κ2) is 12.9. The molecule has 1 rings (SSSR count). The van der Waals surface area contributed by atoms with E-state index in [9.17, 15) is 19.7 Å². The molecule has 0 aromatic heterocycles. The van der Waals surface area contributed by atoms with E-state index in [1.807, 2.05) is 37.3 Å². The van der Waals surface area contributed by atoms with E-state index in [1.54, 1.807) is 20.8 Å². The number of amides is 1. The van der Waals surface area contributed by atoms with Gasteiger partial charge in [-0.15, -0.1) is 0 Å². The first-order valence-corrected chi connectivity index (χ1v) is 10.3. The van der Waals surface area contributed by atoms with Crippen LogP contribution in [0.2, 0.25) is 0 Å². The maximum atomic E-state index is 11.4. The number of rotatable bonds is 9. The van der Waals surface area contributed by atoms with Crippen molar-refractivity contribution in [2.24, 2.45) is 11.7 Å². The van der Waals surface area contributed by atoms with E-state index >= 15 is 0 Å². The van der Waals surface area contributed by atoms with Crippen molar-refractivity contribution in [2.75, 3.05) is 6.54 Å². The fourth-order valence-electron chi connectivity index (χ4n) is 2.60. The van der Waals surface area contributed by atoms with Gasteiger partial charge < -0.3 is 20.9 Å². The highest BCUT2D eigenvalue weighted by molar-refractivity contribution is 5.70. The van der Waals surface area contributed by atoms with Crippen molar-refractivity contribution in [2.45, 2.75) is 78.0 Å². The summed E-state index contributed by atoms with van der Waals surface area (Å²) in [6.07, 6.45) is 0.0405. The van der Waals surface area contributed by atoms with Gasteiger partial charge in [0, 0.05) is 37.8 Å². The predicted molar refractivity (Wildman–Crippen MR) is 119 cm³/mol. The smallest absolute Gasteiger partial charge is 0.407 e. The number of nitrogens with two attached hydrogens (primary N) is 1. The van der Waals surface area contributed by atoms with Gasteiger partial charge in [-0.2, -0.15) is 0 Å². The Morgan fingerprint density at radius 1 is 1.19 bits per heavy atom. The summed E-state index contributed by atoms with van der Waals surface area (Å²) in [7, 11) is 0. The minimum absolute atomic E-state index is 0.0538. The topological polar surface area (TPSA) is 145 Å². The molecule has 0 aliphatic heterocycles. The van der Waals surface area contributed by atoms with E-state index < -0.39 is 34.0 Å². The van der Waals surface area contributed by atoms with Crippen LogP contribution in [0.15, 0.2) is 30.3 Å². The molecule has 0 saturated carbocycles. The zero-order valence-corrected chi connectivity index (χ0v) is 19.4. The van der Waals surface area contributed by atoms with Crippen molar-refractivity contribution in [3.8, 4) is 0 Å².